The molecule has 0 fully saturated rings. The van der Waals surface area contributed by atoms with Crippen LogP contribution in [0.15, 0.2) is 53.7 Å². The number of hydrogen-bond acceptors (Lipinski definition) is 6. The third kappa shape index (κ3) is 3.55. The normalized spacial score (nSPS) is 17.4. The largest absolute Gasteiger partial charge is 0.454 e. The molecule has 0 radical (unpaired) electrons. The molecule has 10 nitrogen and oxygen atoms in total. The van der Waals surface area contributed by atoms with Crippen molar-refractivity contribution in [3.63, 3.8) is 0 Å². The van der Waals surface area contributed by atoms with Gasteiger partial charge in [0.2, 0.25) is 6.79 Å². The van der Waals surface area contributed by atoms with Gasteiger partial charge in [-0.1, -0.05) is 6.07 Å². The van der Waals surface area contributed by atoms with Crippen molar-refractivity contribution >= 4 is 23.3 Å². The lowest BCUT2D eigenvalue weighted by Gasteiger charge is -2.28. The fraction of sp³-hybridized carbons (Fsp3) is 0.158. The van der Waals surface area contributed by atoms with Crippen molar-refractivity contribution in [2.75, 3.05) is 12.1 Å². The molecule has 3 N–H and O–H groups in total. The van der Waals surface area contributed by atoms with Crippen LogP contribution in [0.5, 0.6) is 11.5 Å². The van der Waals surface area contributed by atoms with E-state index >= 15 is 0 Å². The molecule has 2 heterocycles. The zero-order valence-corrected chi connectivity index (χ0v) is 15.2. The number of ether oxygens (including phenoxy) is 2. The molecule has 4 rings (SSSR count). The molecule has 3 amide bonds. The number of nitro benzene ring substituents is 1. The predicted octanol–water partition coefficient (Wildman–Crippen LogP) is 2.59. The van der Waals surface area contributed by atoms with E-state index < -0.39 is 22.9 Å². The fourth-order valence-corrected chi connectivity index (χ4v) is 3.20. The van der Waals surface area contributed by atoms with Gasteiger partial charge in [0, 0.05) is 23.5 Å². The minimum absolute atomic E-state index is 0.0803. The Morgan fingerprint density at radius 1 is 1.17 bits per heavy atom. The molecule has 0 saturated carbocycles. The molecular formula is C19H16N4O6. The van der Waals surface area contributed by atoms with Crippen LogP contribution in [-0.4, -0.2) is 23.7 Å². The van der Waals surface area contributed by atoms with Gasteiger partial charge in [-0.05, 0) is 36.8 Å². The van der Waals surface area contributed by atoms with E-state index in [0.29, 0.717) is 34.0 Å². The summed E-state index contributed by atoms with van der Waals surface area (Å²) >= 11 is 0. The highest BCUT2D eigenvalue weighted by atomic mass is 16.7. The summed E-state index contributed by atoms with van der Waals surface area (Å²) in [5.41, 5.74) is 1.67. The van der Waals surface area contributed by atoms with E-state index in [1.165, 1.54) is 24.3 Å². The zero-order chi connectivity index (χ0) is 20.5. The van der Waals surface area contributed by atoms with E-state index in [1.807, 2.05) is 0 Å². The lowest BCUT2D eigenvalue weighted by Crippen LogP contribution is -2.45. The summed E-state index contributed by atoms with van der Waals surface area (Å²) in [7, 11) is 0. The first-order valence-corrected chi connectivity index (χ1v) is 8.66. The smallest absolute Gasteiger partial charge is 0.319 e. The molecule has 1 unspecified atom stereocenters. The Kier molecular flexibility index (Phi) is 4.51. The van der Waals surface area contributed by atoms with Crippen molar-refractivity contribution in [3.05, 3.63) is 69.4 Å². The first-order valence-electron chi connectivity index (χ1n) is 8.66. The molecule has 1 atom stereocenters. The van der Waals surface area contributed by atoms with Gasteiger partial charge in [-0.2, -0.15) is 0 Å². The average Bonchev–Trinajstić information content (AvgIpc) is 3.15. The monoisotopic (exact) mass is 396 g/mol. The molecule has 0 aromatic heterocycles. The molecule has 2 aromatic rings. The Labute approximate surface area is 164 Å². The number of rotatable bonds is 4. The second kappa shape index (κ2) is 7.15. The zero-order valence-electron chi connectivity index (χ0n) is 15.2. The highest BCUT2D eigenvalue weighted by Gasteiger charge is 2.32. The maximum Gasteiger partial charge on any atom is 0.319 e. The Bertz CT molecular complexity index is 1050. The maximum absolute atomic E-state index is 13.0. The number of benzene rings is 2. The Morgan fingerprint density at radius 3 is 2.62 bits per heavy atom. The van der Waals surface area contributed by atoms with Gasteiger partial charge in [-0.25, -0.2) is 4.79 Å². The van der Waals surface area contributed by atoms with Crippen molar-refractivity contribution in [1.82, 2.24) is 10.6 Å². The first kappa shape index (κ1) is 18.3. The van der Waals surface area contributed by atoms with Crippen LogP contribution in [0.25, 0.3) is 0 Å². The second-order valence-corrected chi connectivity index (χ2v) is 6.44. The number of nitrogens with zero attached hydrogens (tertiary/aromatic N) is 1. The number of carbonyl (C=O) groups is 2. The molecule has 0 spiro atoms. The fourth-order valence-electron chi connectivity index (χ4n) is 3.20. The summed E-state index contributed by atoms with van der Waals surface area (Å²) in [6.45, 7) is 1.74. The van der Waals surface area contributed by atoms with Gasteiger partial charge in [0.1, 0.15) is 0 Å². The maximum atomic E-state index is 13.0. The van der Waals surface area contributed by atoms with E-state index in [4.69, 9.17) is 9.47 Å². The summed E-state index contributed by atoms with van der Waals surface area (Å²) in [5.74, 6) is 0.668. The van der Waals surface area contributed by atoms with Crippen LogP contribution in [-0.2, 0) is 4.79 Å². The molecule has 2 aromatic carbocycles. The summed E-state index contributed by atoms with van der Waals surface area (Å²) in [5, 5.41) is 18.8. The lowest BCUT2D eigenvalue weighted by atomic mass is 9.94. The first-order chi connectivity index (χ1) is 13.9. The number of nitro groups is 1. The molecule has 0 saturated heterocycles. The number of nitrogens with one attached hydrogen (secondary N) is 3. The topological polar surface area (TPSA) is 132 Å². The van der Waals surface area contributed by atoms with Gasteiger partial charge in [0.15, 0.2) is 11.5 Å². The number of hydrogen-bond donors (Lipinski definition) is 3. The standard InChI is InChI=1S/C19H16N4O6/c1-10-16(18(24)21-12-3-5-13(6-4-12)23(26)27)17(22-19(25)20-10)11-2-7-14-15(8-11)29-9-28-14/h2-8,17H,9H2,1H3,(H,21,24)(H2,20,22,25). The van der Waals surface area contributed by atoms with E-state index in [-0.39, 0.29) is 12.5 Å². The summed E-state index contributed by atoms with van der Waals surface area (Å²) in [4.78, 5) is 35.2. The molecule has 0 aliphatic carbocycles. The number of fused-ring (bicyclic) bond motifs is 1. The van der Waals surface area contributed by atoms with Gasteiger partial charge in [0.25, 0.3) is 11.6 Å². The Balaban J connectivity index is 1.63. The number of non-ortho nitro benzene ring substituents is 1. The van der Waals surface area contributed by atoms with Crippen molar-refractivity contribution in [3.8, 4) is 11.5 Å². The predicted molar refractivity (Wildman–Crippen MR) is 101 cm³/mol. The van der Waals surface area contributed by atoms with Crippen LogP contribution >= 0.6 is 0 Å². The minimum atomic E-state index is -0.712. The Morgan fingerprint density at radius 2 is 1.90 bits per heavy atom. The molecular weight excluding hydrogens is 380 g/mol. The number of anilines is 1. The molecule has 10 heteroatoms. The van der Waals surface area contributed by atoms with Crippen LogP contribution in [0.1, 0.15) is 18.5 Å². The summed E-state index contributed by atoms with van der Waals surface area (Å²) in [6, 6.07) is 9.51. The third-order valence-corrected chi connectivity index (χ3v) is 4.58. The SMILES string of the molecule is CC1=C(C(=O)Nc2ccc([N+](=O)[O-])cc2)C(c2ccc3c(c2)OCO3)NC(=O)N1. The van der Waals surface area contributed by atoms with Gasteiger partial charge >= 0.3 is 6.03 Å². The highest BCUT2D eigenvalue weighted by molar-refractivity contribution is 6.06. The molecule has 0 bridgehead atoms. The van der Waals surface area contributed by atoms with E-state index in [2.05, 4.69) is 16.0 Å². The van der Waals surface area contributed by atoms with Crippen molar-refractivity contribution in [2.45, 2.75) is 13.0 Å². The van der Waals surface area contributed by atoms with E-state index in [0.717, 1.165) is 0 Å². The quantitative estimate of drug-likeness (QED) is 0.538. The number of urea groups is 1. The summed E-state index contributed by atoms with van der Waals surface area (Å²) < 4.78 is 10.7. The molecule has 148 valence electrons. The van der Waals surface area contributed by atoms with Crippen LogP contribution < -0.4 is 25.4 Å². The minimum Gasteiger partial charge on any atom is -0.454 e. The van der Waals surface area contributed by atoms with Crippen LogP contribution in [0.3, 0.4) is 0 Å². The van der Waals surface area contributed by atoms with Crippen molar-refractivity contribution < 1.29 is 24.0 Å². The van der Waals surface area contributed by atoms with E-state index in [9.17, 15) is 19.7 Å². The van der Waals surface area contributed by atoms with Gasteiger partial charge in [0.05, 0.1) is 16.5 Å². The summed E-state index contributed by atoms with van der Waals surface area (Å²) in [6.07, 6.45) is 0. The number of amides is 3. The van der Waals surface area contributed by atoms with Crippen LogP contribution in [0.2, 0.25) is 0 Å². The average molecular weight is 396 g/mol. The van der Waals surface area contributed by atoms with Gasteiger partial charge < -0.3 is 25.4 Å². The highest BCUT2D eigenvalue weighted by Crippen LogP contribution is 2.37. The molecule has 29 heavy (non-hydrogen) atoms. The number of allylic oxidation sites excluding steroid dienone is 1. The second-order valence-electron chi connectivity index (χ2n) is 6.44. The third-order valence-electron chi connectivity index (χ3n) is 4.58. The van der Waals surface area contributed by atoms with Crippen LogP contribution in [0.4, 0.5) is 16.2 Å². The van der Waals surface area contributed by atoms with Crippen molar-refractivity contribution in [2.24, 2.45) is 0 Å². The molecule has 2 aliphatic rings. The molecule has 2 aliphatic heterocycles. The Hall–Kier alpha value is -4.08. The van der Waals surface area contributed by atoms with Gasteiger partial charge in [-0.15, -0.1) is 0 Å². The van der Waals surface area contributed by atoms with Gasteiger partial charge in [-0.3, -0.25) is 14.9 Å². The van der Waals surface area contributed by atoms with Crippen LogP contribution in [0, 0.1) is 10.1 Å². The van der Waals surface area contributed by atoms with E-state index in [1.54, 1.807) is 25.1 Å². The lowest BCUT2D eigenvalue weighted by molar-refractivity contribution is -0.384. The van der Waals surface area contributed by atoms with Crippen molar-refractivity contribution in [1.29, 1.82) is 0 Å². The number of carbonyl (C=O) groups excluding carboxylic acids is 2.